The molecule has 0 atom stereocenters. The summed E-state index contributed by atoms with van der Waals surface area (Å²) in [5.41, 5.74) is 1.07. The van der Waals surface area contributed by atoms with Crippen molar-refractivity contribution in [2.45, 2.75) is 0 Å². The van der Waals surface area contributed by atoms with E-state index in [0.29, 0.717) is 10.7 Å². The fraction of sp³-hybridized carbons (Fsp3) is 0. The monoisotopic (exact) mass is 302 g/mol. The zero-order valence-electron chi connectivity index (χ0n) is 10.8. The maximum absolute atomic E-state index is 11.7. The number of halogens is 1. The smallest absolute Gasteiger partial charge is 0.354 e. The molecule has 0 radical (unpaired) electrons. The van der Waals surface area contributed by atoms with Crippen molar-refractivity contribution in [2.24, 2.45) is 0 Å². The van der Waals surface area contributed by atoms with Gasteiger partial charge in [0.25, 0.3) is 0 Å². The SMILES string of the molecule is O=C(C=Cc1ccc(Cl)cc1)Nc1ccnc(C(=O)O)c1. The first-order valence-electron chi connectivity index (χ1n) is 5.98. The number of pyridine rings is 1. The minimum absolute atomic E-state index is 0.130. The summed E-state index contributed by atoms with van der Waals surface area (Å²) in [5, 5.41) is 12.0. The number of hydrogen-bond acceptors (Lipinski definition) is 3. The molecule has 0 saturated heterocycles. The molecular weight excluding hydrogens is 292 g/mol. The van der Waals surface area contributed by atoms with Crippen LogP contribution >= 0.6 is 11.6 Å². The number of benzene rings is 1. The fourth-order valence-electron chi connectivity index (χ4n) is 1.55. The molecule has 2 N–H and O–H groups in total. The Bertz CT molecular complexity index is 696. The highest BCUT2D eigenvalue weighted by Gasteiger charge is 2.05. The summed E-state index contributed by atoms with van der Waals surface area (Å²) >= 11 is 5.76. The lowest BCUT2D eigenvalue weighted by atomic mass is 10.2. The Kier molecular flexibility index (Phi) is 4.68. The number of anilines is 1. The number of aromatic nitrogens is 1. The van der Waals surface area contributed by atoms with E-state index in [1.165, 1.54) is 24.4 Å². The second kappa shape index (κ2) is 6.67. The van der Waals surface area contributed by atoms with Crippen molar-refractivity contribution >= 4 is 35.2 Å². The summed E-state index contributed by atoms with van der Waals surface area (Å²) in [4.78, 5) is 26.2. The van der Waals surface area contributed by atoms with Crippen molar-refractivity contribution in [3.05, 3.63) is 65.0 Å². The minimum atomic E-state index is -1.15. The Balaban J connectivity index is 2.03. The van der Waals surface area contributed by atoms with Crippen LogP contribution in [-0.4, -0.2) is 22.0 Å². The van der Waals surface area contributed by atoms with Crippen LogP contribution < -0.4 is 5.32 Å². The molecule has 1 heterocycles. The van der Waals surface area contributed by atoms with Gasteiger partial charge in [-0.2, -0.15) is 0 Å². The quantitative estimate of drug-likeness (QED) is 0.851. The van der Waals surface area contributed by atoms with Gasteiger partial charge >= 0.3 is 5.97 Å². The molecule has 0 saturated carbocycles. The number of hydrogen-bond donors (Lipinski definition) is 2. The summed E-state index contributed by atoms with van der Waals surface area (Å²) in [6.45, 7) is 0. The van der Waals surface area contributed by atoms with Crippen molar-refractivity contribution in [1.82, 2.24) is 4.98 Å². The van der Waals surface area contributed by atoms with Gasteiger partial charge in [0.2, 0.25) is 5.91 Å². The topological polar surface area (TPSA) is 79.3 Å². The Morgan fingerprint density at radius 3 is 2.57 bits per heavy atom. The standard InChI is InChI=1S/C15H11ClN2O3/c16-11-4-1-10(2-5-11)3-6-14(19)18-12-7-8-17-13(9-12)15(20)21/h1-9H,(H,20,21)(H,17,18,19). The average Bonchev–Trinajstić information content (AvgIpc) is 2.47. The number of aromatic carboxylic acids is 1. The molecule has 106 valence electrons. The van der Waals surface area contributed by atoms with E-state index in [-0.39, 0.29) is 11.6 Å². The number of carboxylic acid groups (broad SMARTS) is 1. The minimum Gasteiger partial charge on any atom is -0.477 e. The summed E-state index contributed by atoms with van der Waals surface area (Å²) in [6, 6.07) is 9.81. The van der Waals surface area contributed by atoms with Gasteiger partial charge in [-0.1, -0.05) is 23.7 Å². The van der Waals surface area contributed by atoms with Gasteiger partial charge in [-0.3, -0.25) is 4.79 Å². The molecule has 0 aliphatic carbocycles. The largest absolute Gasteiger partial charge is 0.477 e. The van der Waals surface area contributed by atoms with Crippen LogP contribution in [0.5, 0.6) is 0 Å². The number of amides is 1. The van der Waals surface area contributed by atoms with Crippen LogP contribution in [0.4, 0.5) is 5.69 Å². The third-order valence-corrected chi connectivity index (χ3v) is 2.80. The molecule has 2 aromatic rings. The number of nitrogens with zero attached hydrogens (tertiary/aromatic N) is 1. The lowest BCUT2D eigenvalue weighted by Crippen LogP contribution is -2.09. The van der Waals surface area contributed by atoms with Crippen LogP contribution in [0, 0.1) is 0 Å². The van der Waals surface area contributed by atoms with E-state index in [9.17, 15) is 9.59 Å². The van der Waals surface area contributed by atoms with Crippen molar-refractivity contribution in [3.8, 4) is 0 Å². The summed E-state index contributed by atoms with van der Waals surface area (Å²) in [5.74, 6) is -1.52. The molecule has 2 rings (SSSR count). The number of rotatable bonds is 4. The van der Waals surface area contributed by atoms with Crippen molar-refractivity contribution in [3.63, 3.8) is 0 Å². The zero-order chi connectivity index (χ0) is 15.2. The van der Waals surface area contributed by atoms with Gasteiger partial charge in [-0.05, 0) is 35.9 Å². The Morgan fingerprint density at radius 2 is 1.90 bits per heavy atom. The highest BCUT2D eigenvalue weighted by molar-refractivity contribution is 6.30. The average molecular weight is 303 g/mol. The Labute approximate surface area is 125 Å². The van der Waals surface area contributed by atoms with E-state index in [0.717, 1.165) is 5.56 Å². The van der Waals surface area contributed by atoms with Gasteiger partial charge in [0, 0.05) is 23.0 Å². The second-order valence-corrected chi connectivity index (χ2v) is 4.55. The van der Waals surface area contributed by atoms with Gasteiger partial charge < -0.3 is 10.4 Å². The number of carbonyl (C=O) groups is 2. The molecular formula is C15H11ClN2O3. The first-order valence-corrected chi connectivity index (χ1v) is 6.36. The third-order valence-electron chi connectivity index (χ3n) is 2.54. The first-order chi connectivity index (χ1) is 10.0. The molecule has 5 nitrogen and oxygen atoms in total. The number of carbonyl (C=O) groups excluding carboxylic acids is 1. The van der Waals surface area contributed by atoms with Gasteiger partial charge in [0.1, 0.15) is 5.69 Å². The van der Waals surface area contributed by atoms with E-state index >= 15 is 0 Å². The Morgan fingerprint density at radius 1 is 1.19 bits per heavy atom. The van der Waals surface area contributed by atoms with Gasteiger partial charge in [0.15, 0.2) is 0 Å². The van der Waals surface area contributed by atoms with Crippen molar-refractivity contribution in [1.29, 1.82) is 0 Å². The lowest BCUT2D eigenvalue weighted by Gasteiger charge is -2.02. The van der Waals surface area contributed by atoms with Crippen molar-refractivity contribution in [2.75, 3.05) is 5.32 Å². The van der Waals surface area contributed by atoms with Crippen LogP contribution in [0.25, 0.3) is 6.08 Å². The van der Waals surface area contributed by atoms with Crippen LogP contribution in [-0.2, 0) is 4.79 Å². The highest BCUT2D eigenvalue weighted by Crippen LogP contribution is 2.11. The van der Waals surface area contributed by atoms with E-state index in [2.05, 4.69) is 10.3 Å². The first kappa shape index (κ1) is 14.7. The predicted molar refractivity (Wildman–Crippen MR) is 80.3 cm³/mol. The maximum atomic E-state index is 11.7. The van der Waals surface area contributed by atoms with Crippen LogP contribution in [0.1, 0.15) is 16.1 Å². The van der Waals surface area contributed by atoms with E-state index in [1.54, 1.807) is 30.3 Å². The summed E-state index contributed by atoms with van der Waals surface area (Å²) in [7, 11) is 0. The highest BCUT2D eigenvalue weighted by atomic mass is 35.5. The van der Waals surface area contributed by atoms with Crippen LogP contribution in [0.2, 0.25) is 5.02 Å². The maximum Gasteiger partial charge on any atom is 0.354 e. The number of carboxylic acids is 1. The van der Waals surface area contributed by atoms with Gasteiger partial charge in [-0.15, -0.1) is 0 Å². The summed E-state index contributed by atoms with van der Waals surface area (Å²) < 4.78 is 0. The molecule has 0 aliphatic rings. The molecule has 21 heavy (non-hydrogen) atoms. The molecule has 1 aromatic heterocycles. The molecule has 1 amide bonds. The second-order valence-electron chi connectivity index (χ2n) is 4.11. The van der Waals surface area contributed by atoms with Crippen LogP contribution in [0.3, 0.4) is 0 Å². The fourth-order valence-corrected chi connectivity index (χ4v) is 1.68. The molecule has 0 bridgehead atoms. The molecule has 0 spiro atoms. The zero-order valence-corrected chi connectivity index (χ0v) is 11.5. The predicted octanol–water partition coefficient (Wildman–Crippen LogP) is 3.09. The molecule has 1 aromatic carbocycles. The Hall–Kier alpha value is -2.66. The lowest BCUT2D eigenvalue weighted by molar-refractivity contribution is -0.111. The van der Waals surface area contributed by atoms with Gasteiger partial charge in [-0.25, -0.2) is 9.78 Å². The summed E-state index contributed by atoms with van der Waals surface area (Å²) in [6.07, 6.45) is 4.30. The number of nitrogens with one attached hydrogen (secondary N) is 1. The molecule has 6 heteroatoms. The third kappa shape index (κ3) is 4.43. The van der Waals surface area contributed by atoms with Gasteiger partial charge in [0.05, 0.1) is 0 Å². The van der Waals surface area contributed by atoms with E-state index in [1.807, 2.05) is 0 Å². The van der Waals surface area contributed by atoms with E-state index < -0.39 is 5.97 Å². The van der Waals surface area contributed by atoms with Crippen LogP contribution in [0.15, 0.2) is 48.7 Å². The molecule has 0 unspecified atom stereocenters. The normalized spacial score (nSPS) is 10.5. The van der Waals surface area contributed by atoms with E-state index in [4.69, 9.17) is 16.7 Å². The molecule has 0 fully saturated rings. The van der Waals surface area contributed by atoms with Crippen molar-refractivity contribution < 1.29 is 14.7 Å². The molecule has 0 aliphatic heterocycles.